The van der Waals surface area contributed by atoms with Crippen LogP contribution in [-0.4, -0.2) is 78.5 Å². The lowest BCUT2D eigenvalue weighted by Gasteiger charge is -2.40. The number of amides is 1. The molecule has 2 aliphatic rings. The molecule has 0 aliphatic carbocycles. The van der Waals surface area contributed by atoms with Crippen LogP contribution >= 0.6 is 0 Å². The maximum Gasteiger partial charge on any atom is 0.310 e. The van der Waals surface area contributed by atoms with Gasteiger partial charge in [0.15, 0.2) is 0 Å². The second-order valence-electron chi connectivity index (χ2n) is 7.82. The van der Waals surface area contributed by atoms with E-state index in [1.165, 1.54) is 6.07 Å². The predicted octanol–water partition coefficient (Wildman–Crippen LogP) is 1.91. The number of anilines is 1. The highest BCUT2D eigenvalue weighted by molar-refractivity contribution is 5.82. The van der Waals surface area contributed by atoms with Crippen LogP contribution in [0, 0.1) is 16.0 Å². The van der Waals surface area contributed by atoms with Crippen LogP contribution in [0.4, 0.5) is 11.4 Å². The van der Waals surface area contributed by atoms with Gasteiger partial charge in [-0.2, -0.15) is 0 Å². The summed E-state index contributed by atoms with van der Waals surface area (Å²) in [4.78, 5) is 42.0. The maximum absolute atomic E-state index is 13.0. The Morgan fingerprint density at radius 2 is 1.90 bits per heavy atom. The third-order valence-electron chi connectivity index (χ3n) is 5.99. The van der Waals surface area contributed by atoms with Gasteiger partial charge in [0.2, 0.25) is 5.91 Å². The van der Waals surface area contributed by atoms with Crippen LogP contribution in [0.2, 0.25) is 0 Å². The first-order valence-corrected chi connectivity index (χ1v) is 10.6. The standard InChI is InChI=1S/C21H30N4O5/c1-3-30-21(27)17-7-6-10-24(15-17)20(26)16(2)22-11-13-23(14-12-22)18-8-4-5-9-19(18)25(28)29/h4-5,8-9,16-17H,3,6-7,10-15H2,1-2H3. The van der Waals surface area contributed by atoms with Gasteiger partial charge in [-0.05, 0) is 32.8 Å². The number of nitro groups is 1. The number of hydrogen-bond donors (Lipinski definition) is 0. The number of esters is 1. The number of carbonyl (C=O) groups is 2. The van der Waals surface area contributed by atoms with E-state index in [0.717, 1.165) is 12.8 Å². The van der Waals surface area contributed by atoms with Crippen LogP contribution in [0.15, 0.2) is 24.3 Å². The van der Waals surface area contributed by atoms with Gasteiger partial charge in [-0.15, -0.1) is 0 Å². The van der Waals surface area contributed by atoms with Crippen LogP contribution < -0.4 is 4.90 Å². The number of piperidine rings is 1. The van der Waals surface area contributed by atoms with Gasteiger partial charge < -0.3 is 14.5 Å². The number of piperazine rings is 1. The van der Waals surface area contributed by atoms with Gasteiger partial charge in [0, 0.05) is 45.3 Å². The summed E-state index contributed by atoms with van der Waals surface area (Å²) < 4.78 is 5.13. The molecule has 2 saturated heterocycles. The number of hydrogen-bond acceptors (Lipinski definition) is 7. The molecular weight excluding hydrogens is 388 g/mol. The number of benzene rings is 1. The van der Waals surface area contributed by atoms with E-state index < -0.39 is 0 Å². The van der Waals surface area contributed by atoms with Crippen molar-refractivity contribution in [2.75, 3.05) is 50.8 Å². The molecule has 1 aromatic carbocycles. The maximum atomic E-state index is 13.0. The fourth-order valence-corrected chi connectivity index (χ4v) is 4.29. The molecule has 2 atom stereocenters. The Hall–Kier alpha value is -2.68. The Morgan fingerprint density at radius 1 is 1.20 bits per heavy atom. The first-order chi connectivity index (χ1) is 14.4. The molecule has 2 aliphatic heterocycles. The average molecular weight is 418 g/mol. The normalized spacial score (nSPS) is 21.2. The molecule has 2 unspecified atom stereocenters. The molecule has 0 radical (unpaired) electrons. The molecule has 164 valence electrons. The molecule has 3 rings (SSSR count). The summed E-state index contributed by atoms with van der Waals surface area (Å²) in [6.07, 6.45) is 1.55. The molecule has 0 bridgehead atoms. The Kier molecular flexibility index (Phi) is 7.25. The Bertz CT molecular complexity index is 778. The van der Waals surface area contributed by atoms with Crippen LogP contribution in [-0.2, 0) is 14.3 Å². The van der Waals surface area contributed by atoms with E-state index in [1.54, 1.807) is 30.0 Å². The number of carbonyl (C=O) groups excluding carboxylic acids is 2. The number of rotatable bonds is 6. The largest absolute Gasteiger partial charge is 0.466 e. The highest BCUT2D eigenvalue weighted by Crippen LogP contribution is 2.28. The Balaban J connectivity index is 1.57. The Morgan fingerprint density at radius 3 is 2.57 bits per heavy atom. The minimum atomic E-state index is -0.357. The monoisotopic (exact) mass is 418 g/mol. The van der Waals surface area contributed by atoms with Crippen LogP contribution in [0.25, 0.3) is 0 Å². The highest BCUT2D eigenvalue weighted by atomic mass is 16.6. The predicted molar refractivity (Wildman–Crippen MR) is 112 cm³/mol. The number of ether oxygens (including phenoxy) is 1. The zero-order chi connectivity index (χ0) is 21.7. The second-order valence-corrected chi connectivity index (χ2v) is 7.82. The fraction of sp³-hybridized carbons (Fsp3) is 0.619. The van der Waals surface area contributed by atoms with Crippen molar-refractivity contribution < 1.29 is 19.2 Å². The van der Waals surface area contributed by atoms with Crippen molar-refractivity contribution in [3.63, 3.8) is 0 Å². The molecule has 1 amide bonds. The van der Waals surface area contributed by atoms with Gasteiger partial charge in [-0.25, -0.2) is 0 Å². The van der Waals surface area contributed by atoms with Crippen molar-refractivity contribution in [3.05, 3.63) is 34.4 Å². The lowest BCUT2D eigenvalue weighted by Crippen LogP contribution is -2.56. The molecule has 0 saturated carbocycles. The third kappa shape index (κ3) is 4.89. The first-order valence-electron chi connectivity index (χ1n) is 10.6. The number of para-hydroxylation sites is 2. The molecule has 1 aromatic rings. The van der Waals surface area contributed by atoms with Gasteiger partial charge in [-0.1, -0.05) is 12.1 Å². The van der Waals surface area contributed by atoms with Gasteiger partial charge >= 0.3 is 5.97 Å². The van der Waals surface area contributed by atoms with Crippen molar-refractivity contribution in [1.82, 2.24) is 9.80 Å². The first kappa shape index (κ1) is 22.0. The van der Waals surface area contributed by atoms with E-state index in [9.17, 15) is 19.7 Å². The average Bonchev–Trinajstić information content (AvgIpc) is 2.78. The number of nitrogens with zero attached hydrogens (tertiary/aromatic N) is 4. The minimum absolute atomic E-state index is 0.0307. The van der Waals surface area contributed by atoms with Crippen molar-refractivity contribution in [1.29, 1.82) is 0 Å². The van der Waals surface area contributed by atoms with Crippen molar-refractivity contribution >= 4 is 23.3 Å². The summed E-state index contributed by atoms with van der Waals surface area (Å²) in [6.45, 7) is 7.65. The summed E-state index contributed by atoms with van der Waals surface area (Å²) >= 11 is 0. The molecular formula is C21H30N4O5. The highest BCUT2D eigenvalue weighted by Gasteiger charge is 2.34. The van der Waals surface area contributed by atoms with E-state index >= 15 is 0 Å². The molecule has 2 fully saturated rings. The van der Waals surface area contributed by atoms with Gasteiger partial charge in [-0.3, -0.25) is 24.6 Å². The van der Waals surface area contributed by atoms with Crippen molar-refractivity contribution in [2.45, 2.75) is 32.7 Å². The second kappa shape index (κ2) is 9.88. The zero-order valence-corrected chi connectivity index (χ0v) is 17.7. The summed E-state index contributed by atoms with van der Waals surface area (Å²) in [6, 6.07) is 6.47. The Labute approximate surface area is 176 Å². The van der Waals surface area contributed by atoms with Crippen molar-refractivity contribution in [3.8, 4) is 0 Å². The lowest BCUT2D eigenvalue weighted by molar-refractivity contribution is -0.384. The fourth-order valence-electron chi connectivity index (χ4n) is 4.29. The van der Waals surface area contributed by atoms with Crippen LogP contribution in [0.1, 0.15) is 26.7 Å². The molecule has 2 heterocycles. The molecule has 0 spiro atoms. The summed E-state index contributed by atoms with van der Waals surface area (Å²) in [5, 5.41) is 11.3. The molecule has 30 heavy (non-hydrogen) atoms. The van der Waals surface area contributed by atoms with E-state index in [-0.39, 0.29) is 34.4 Å². The summed E-state index contributed by atoms with van der Waals surface area (Å²) in [5.74, 6) is -0.436. The van der Waals surface area contributed by atoms with Crippen LogP contribution in [0.5, 0.6) is 0 Å². The van der Waals surface area contributed by atoms with Crippen molar-refractivity contribution in [2.24, 2.45) is 5.92 Å². The molecule has 0 aromatic heterocycles. The lowest BCUT2D eigenvalue weighted by atomic mass is 9.97. The number of likely N-dealkylation sites (tertiary alicyclic amines) is 1. The van der Waals surface area contributed by atoms with E-state index in [2.05, 4.69) is 4.90 Å². The minimum Gasteiger partial charge on any atom is -0.466 e. The smallest absolute Gasteiger partial charge is 0.310 e. The number of nitro benzene ring substituents is 1. The van der Waals surface area contributed by atoms with Gasteiger partial charge in [0.25, 0.3) is 5.69 Å². The van der Waals surface area contributed by atoms with E-state index in [4.69, 9.17) is 4.74 Å². The topological polar surface area (TPSA) is 96.2 Å². The molecule has 0 N–H and O–H groups in total. The van der Waals surface area contributed by atoms with E-state index in [0.29, 0.717) is 51.6 Å². The molecule has 9 heteroatoms. The zero-order valence-electron chi connectivity index (χ0n) is 17.7. The quantitative estimate of drug-likeness (QED) is 0.395. The van der Waals surface area contributed by atoms with E-state index in [1.807, 2.05) is 11.8 Å². The summed E-state index contributed by atoms with van der Waals surface area (Å²) in [5.41, 5.74) is 0.725. The van der Waals surface area contributed by atoms with Gasteiger partial charge in [0.1, 0.15) is 5.69 Å². The molecule has 9 nitrogen and oxygen atoms in total. The van der Waals surface area contributed by atoms with Gasteiger partial charge in [0.05, 0.1) is 23.5 Å². The third-order valence-corrected chi connectivity index (χ3v) is 5.99. The summed E-state index contributed by atoms with van der Waals surface area (Å²) in [7, 11) is 0. The SMILES string of the molecule is CCOC(=O)C1CCCN(C(=O)C(C)N2CCN(c3ccccc3[N+](=O)[O-])CC2)C1. The van der Waals surface area contributed by atoms with Crippen LogP contribution in [0.3, 0.4) is 0 Å².